The van der Waals surface area contributed by atoms with Gasteiger partial charge in [-0.3, -0.25) is 0 Å². The molecule has 2 heterocycles. The van der Waals surface area contributed by atoms with Gasteiger partial charge in [-0.05, 0) is 19.1 Å². The van der Waals surface area contributed by atoms with Crippen molar-refractivity contribution in [3.8, 4) is 11.3 Å². The van der Waals surface area contributed by atoms with Crippen LogP contribution in [0.5, 0.6) is 0 Å². The van der Waals surface area contributed by atoms with Crippen molar-refractivity contribution in [3.63, 3.8) is 0 Å². The summed E-state index contributed by atoms with van der Waals surface area (Å²) in [5.41, 5.74) is 7.59. The molecule has 2 rings (SSSR count). The van der Waals surface area contributed by atoms with Crippen LogP contribution < -0.4 is 5.73 Å². The maximum absolute atomic E-state index is 5.57. The average Bonchev–Trinajstić information content (AvgIpc) is 2.79. The van der Waals surface area contributed by atoms with Crippen LogP contribution in [0.1, 0.15) is 13.0 Å². The minimum atomic E-state index is 0.232. The lowest BCUT2D eigenvalue weighted by Crippen LogP contribution is -2.11. The Balaban J connectivity index is 2.33. The molecule has 2 aromatic heterocycles. The van der Waals surface area contributed by atoms with Gasteiger partial charge in [0.25, 0.3) is 0 Å². The summed E-state index contributed by atoms with van der Waals surface area (Å²) in [5.74, 6) is 0.518. The van der Waals surface area contributed by atoms with Crippen molar-refractivity contribution in [2.24, 2.45) is 0 Å². The number of pyridine rings is 1. The van der Waals surface area contributed by atoms with Gasteiger partial charge in [0.2, 0.25) is 0 Å². The molecule has 0 fully saturated rings. The average molecular weight is 232 g/mol. The number of nitrogens with two attached hydrogens (primary N) is 1. The largest absolute Gasteiger partial charge is 0.384 e. The molecule has 17 heavy (non-hydrogen) atoms. The summed E-state index contributed by atoms with van der Waals surface area (Å²) >= 11 is 0. The van der Waals surface area contributed by atoms with Gasteiger partial charge in [-0.2, -0.15) is 0 Å². The molecule has 0 aliphatic rings. The van der Waals surface area contributed by atoms with Crippen molar-refractivity contribution in [3.05, 3.63) is 30.9 Å². The zero-order valence-corrected chi connectivity index (χ0v) is 10.00. The van der Waals surface area contributed by atoms with E-state index >= 15 is 0 Å². The van der Waals surface area contributed by atoms with Crippen LogP contribution in [0.25, 0.3) is 11.3 Å². The van der Waals surface area contributed by atoms with Crippen LogP contribution in [0.15, 0.2) is 30.9 Å². The molecule has 5 nitrogen and oxygen atoms in total. The molecule has 1 unspecified atom stereocenters. The van der Waals surface area contributed by atoms with Gasteiger partial charge in [-0.25, -0.2) is 9.97 Å². The second kappa shape index (κ2) is 4.97. The van der Waals surface area contributed by atoms with E-state index < -0.39 is 0 Å². The third-order valence-electron chi connectivity index (χ3n) is 2.63. The molecule has 0 saturated carbocycles. The molecule has 0 spiro atoms. The van der Waals surface area contributed by atoms with E-state index in [2.05, 4.69) is 21.5 Å². The van der Waals surface area contributed by atoms with Gasteiger partial charge in [-0.15, -0.1) is 0 Å². The molecule has 0 aromatic carbocycles. The fraction of sp³-hybridized carbons (Fsp3) is 0.333. The highest BCUT2D eigenvalue weighted by Gasteiger charge is 2.10. The Bertz CT molecular complexity index is 478. The first-order valence-corrected chi connectivity index (χ1v) is 5.45. The number of rotatable bonds is 4. The number of methoxy groups -OCH3 is 1. The summed E-state index contributed by atoms with van der Waals surface area (Å²) in [6.07, 6.45) is 5.37. The van der Waals surface area contributed by atoms with E-state index in [9.17, 15) is 0 Å². The van der Waals surface area contributed by atoms with Crippen LogP contribution in [0.2, 0.25) is 0 Å². The molecule has 2 aromatic rings. The van der Waals surface area contributed by atoms with Gasteiger partial charge in [0.1, 0.15) is 5.82 Å². The predicted molar refractivity (Wildman–Crippen MR) is 66.5 cm³/mol. The van der Waals surface area contributed by atoms with Crippen LogP contribution in [0.3, 0.4) is 0 Å². The number of hydrogen-bond donors (Lipinski definition) is 1. The van der Waals surface area contributed by atoms with Crippen LogP contribution in [0, 0.1) is 0 Å². The summed E-state index contributed by atoms with van der Waals surface area (Å²) in [4.78, 5) is 8.26. The lowest BCUT2D eigenvalue weighted by atomic mass is 10.2. The molecule has 1 atom stereocenters. The Morgan fingerprint density at radius 2 is 2.24 bits per heavy atom. The molecule has 0 bridgehead atoms. The van der Waals surface area contributed by atoms with E-state index in [4.69, 9.17) is 10.5 Å². The lowest BCUT2D eigenvalue weighted by Gasteiger charge is -2.15. The number of imidazole rings is 1. The number of nitrogen functional groups attached to an aromatic ring is 1. The number of nitrogens with zero attached hydrogens (tertiary/aromatic N) is 3. The highest BCUT2D eigenvalue weighted by atomic mass is 16.5. The Morgan fingerprint density at radius 1 is 1.41 bits per heavy atom. The third-order valence-corrected chi connectivity index (χ3v) is 2.63. The molecule has 0 amide bonds. The number of ether oxygens (including phenoxy) is 1. The van der Waals surface area contributed by atoms with E-state index in [0.717, 1.165) is 11.3 Å². The first-order valence-electron chi connectivity index (χ1n) is 5.45. The predicted octanol–water partition coefficient (Wildman–Crippen LogP) is 1.73. The van der Waals surface area contributed by atoms with Crippen LogP contribution in [-0.4, -0.2) is 28.3 Å². The Hall–Kier alpha value is -1.88. The van der Waals surface area contributed by atoms with Gasteiger partial charge in [0.15, 0.2) is 0 Å². The number of aromatic nitrogens is 3. The quantitative estimate of drug-likeness (QED) is 0.871. The van der Waals surface area contributed by atoms with Crippen molar-refractivity contribution >= 4 is 5.82 Å². The molecular weight excluding hydrogens is 216 g/mol. The van der Waals surface area contributed by atoms with Gasteiger partial charge >= 0.3 is 0 Å². The summed E-state index contributed by atoms with van der Waals surface area (Å²) < 4.78 is 7.22. The summed E-state index contributed by atoms with van der Waals surface area (Å²) in [6.45, 7) is 2.73. The van der Waals surface area contributed by atoms with Crippen LogP contribution in [-0.2, 0) is 4.74 Å². The van der Waals surface area contributed by atoms with Crippen LogP contribution in [0.4, 0.5) is 5.82 Å². The first-order chi connectivity index (χ1) is 8.22. The number of hydrogen-bond acceptors (Lipinski definition) is 4. The van der Waals surface area contributed by atoms with E-state index in [1.165, 1.54) is 0 Å². The second-order valence-electron chi connectivity index (χ2n) is 3.96. The first kappa shape index (κ1) is 11.6. The molecule has 0 saturated heterocycles. The van der Waals surface area contributed by atoms with Crippen molar-refractivity contribution in [1.82, 2.24) is 14.5 Å². The van der Waals surface area contributed by atoms with Gasteiger partial charge in [0.05, 0.1) is 30.9 Å². The highest BCUT2D eigenvalue weighted by Crippen LogP contribution is 2.22. The summed E-state index contributed by atoms with van der Waals surface area (Å²) in [6, 6.07) is 3.96. The van der Waals surface area contributed by atoms with Crippen molar-refractivity contribution in [2.75, 3.05) is 19.5 Å². The fourth-order valence-electron chi connectivity index (χ4n) is 1.76. The molecular formula is C12H16N4O. The van der Waals surface area contributed by atoms with Gasteiger partial charge in [-0.1, -0.05) is 0 Å². The summed E-state index contributed by atoms with van der Waals surface area (Å²) in [7, 11) is 1.69. The zero-order chi connectivity index (χ0) is 12.3. The van der Waals surface area contributed by atoms with E-state index in [1.54, 1.807) is 25.7 Å². The van der Waals surface area contributed by atoms with Crippen molar-refractivity contribution in [2.45, 2.75) is 13.0 Å². The maximum Gasteiger partial charge on any atom is 0.123 e. The molecule has 0 aliphatic carbocycles. The van der Waals surface area contributed by atoms with E-state index in [0.29, 0.717) is 12.4 Å². The zero-order valence-electron chi connectivity index (χ0n) is 10.00. The van der Waals surface area contributed by atoms with Crippen molar-refractivity contribution < 1.29 is 4.74 Å². The van der Waals surface area contributed by atoms with Gasteiger partial charge in [0, 0.05) is 18.9 Å². The highest BCUT2D eigenvalue weighted by molar-refractivity contribution is 5.59. The Labute approximate surface area is 100 Å². The Kier molecular flexibility index (Phi) is 3.39. The Morgan fingerprint density at radius 3 is 2.88 bits per heavy atom. The van der Waals surface area contributed by atoms with Gasteiger partial charge < -0.3 is 15.0 Å². The maximum atomic E-state index is 5.57. The van der Waals surface area contributed by atoms with E-state index in [-0.39, 0.29) is 6.04 Å². The normalized spacial score (nSPS) is 12.6. The monoisotopic (exact) mass is 232 g/mol. The van der Waals surface area contributed by atoms with Crippen molar-refractivity contribution in [1.29, 1.82) is 0 Å². The minimum Gasteiger partial charge on any atom is -0.384 e. The molecule has 90 valence electrons. The van der Waals surface area contributed by atoms with Crippen LogP contribution >= 0.6 is 0 Å². The minimum absolute atomic E-state index is 0.232. The smallest absolute Gasteiger partial charge is 0.123 e. The van der Waals surface area contributed by atoms with E-state index in [1.807, 2.05) is 12.3 Å². The molecule has 0 aliphatic heterocycles. The second-order valence-corrected chi connectivity index (χ2v) is 3.96. The molecule has 2 N–H and O–H groups in total. The molecule has 5 heteroatoms. The lowest BCUT2D eigenvalue weighted by molar-refractivity contribution is 0.163. The third kappa shape index (κ3) is 2.45. The fourth-order valence-corrected chi connectivity index (χ4v) is 1.76. The standard InChI is InChI=1S/C12H16N4O/c1-9(7-17-2)16-8-14-6-11(16)10-3-4-12(13)15-5-10/h3-6,8-9H,7H2,1-2H3,(H2,13,15). The number of anilines is 1. The molecule has 0 radical (unpaired) electrons. The summed E-state index contributed by atoms with van der Waals surface area (Å²) in [5, 5.41) is 0. The topological polar surface area (TPSA) is 66.0 Å². The SMILES string of the molecule is COCC(C)n1cncc1-c1ccc(N)nc1.